The summed E-state index contributed by atoms with van der Waals surface area (Å²) in [7, 11) is 3.91. The Bertz CT molecular complexity index is 624. The van der Waals surface area contributed by atoms with Crippen LogP contribution in [0.15, 0.2) is 29.3 Å². The van der Waals surface area contributed by atoms with E-state index in [1.54, 1.807) is 0 Å². The van der Waals surface area contributed by atoms with Crippen LogP contribution in [-0.4, -0.2) is 25.3 Å². The molecule has 0 saturated heterocycles. The fourth-order valence-electron chi connectivity index (χ4n) is 1.61. The molecule has 0 aliphatic rings. The summed E-state index contributed by atoms with van der Waals surface area (Å²) in [5.74, 6) is 0. The summed E-state index contributed by atoms with van der Waals surface area (Å²) in [4.78, 5) is 6.47. The molecule has 0 aromatic heterocycles. The third-order valence-corrected chi connectivity index (χ3v) is 4.34. The molecule has 0 radical (unpaired) electrons. The quantitative estimate of drug-likeness (QED) is 0.336. The first kappa shape index (κ1) is 14.3. The standard InChI is InChI=1S/C13H11ClI2N2/c1-18(2)7-17-13-10-5-8(14)3-4-9(10)11(15)6-12(13)16/h3-7H,1-2H3/b17-7+. The van der Waals surface area contributed by atoms with E-state index in [4.69, 9.17) is 11.6 Å². The third-order valence-electron chi connectivity index (χ3n) is 2.39. The van der Waals surface area contributed by atoms with Crippen molar-refractivity contribution in [2.24, 2.45) is 4.99 Å². The van der Waals surface area contributed by atoms with E-state index in [0.717, 1.165) is 19.7 Å². The highest BCUT2D eigenvalue weighted by atomic mass is 127. The fraction of sp³-hybridized carbons (Fsp3) is 0.154. The van der Waals surface area contributed by atoms with Crippen LogP contribution in [-0.2, 0) is 0 Å². The molecule has 0 aliphatic heterocycles. The largest absolute Gasteiger partial charge is 0.369 e. The molecule has 2 rings (SSSR count). The summed E-state index contributed by atoms with van der Waals surface area (Å²) in [5.41, 5.74) is 0.974. The van der Waals surface area contributed by atoms with Gasteiger partial charge in [0.05, 0.1) is 12.0 Å². The van der Waals surface area contributed by atoms with Crippen molar-refractivity contribution in [3.63, 3.8) is 0 Å². The van der Waals surface area contributed by atoms with E-state index in [2.05, 4.69) is 56.2 Å². The Morgan fingerprint density at radius 3 is 2.50 bits per heavy atom. The average Bonchev–Trinajstić information content (AvgIpc) is 2.27. The normalized spacial score (nSPS) is 11.4. The van der Waals surface area contributed by atoms with Crippen LogP contribution in [0.25, 0.3) is 10.8 Å². The Labute approximate surface area is 139 Å². The molecular weight excluding hydrogens is 473 g/mol. The first-order valence-corrected chi connectivity index (χ1v) is 7.80. The van der Waals surface area contributed by atoms with Gasteiger partial charge >= 0.3 is 0 Å². The van der Waals surface area contributed by atoms with E-state index in [1.165, 1.54) is 8.96 Å². The van der Waals surface area contributed by atoms with Crippen LogP contribution in [0.4, 0.5) is 5.69 Å². The van der Waals surface area contributed by atoms with Gasteiger partial charge in [-0.05, 0) is 68.8 Å². The minimum Gasteiger partial charge on any atom is -0.369 e. The van der Waals surface area contributed by atoms with Gasteiger partial charge in [0, 0.05) is 31.6 Å². The molecule has 0 unspecified atom stereocenters. The molecule has 0 heterocycles. The fourth-order valence-corrected chi connectivity index (χ4v) is 3.90. The van der Waals surface area contributed by atoms with Crippen molar-refractivity contribution in [1.82, 2.24) is 4.90 Å². The van der Waals surface area contributed by atoms with Gasteiger partial charge < -0.3 is 4.90 Å². The molecule has 2 nitrogen and oxygen atoms in total. The van der Waals surface area contributed by atoms with Gasteiger partial charge in [-0.1, -0.05) is 17.7 Å². The van der Waals surface area contributed by atoms with Crippen molar-refractivity contribution in [3.05, 3.63) is 36.4 Å². The van der Waals surface area contributed by atoms with Gasteiger partial charge in [-0.25, -0.2) is 4.99 Å². The topological polar surface area (TPSA) is 15.6 Å². The lowest BCUT2D eigenvalue weighted by molar-refractivity contribution is 0.643. The lowest BCUT2D eigenvalue weighted by Crippen LogP contribution is -2.07. The maximum absolute atomic E-state index is 6.09. The molecule has 5 heteroatoms. The molecule has 0 atom stereocenters. The third kappa shape index (κ3) is 3.08. The van der Waals surface area contributed by atoms with Crippen LogP contribution in [0, 0.1) is 7.14 Å². The summed E-state index contributed by atoms with van der Waals surface area (Å²) in [6.45, 7) is 0. The van der Waals surface area contributed by atoms with Gasteiger partial charge in [0.25, 0.3) is 0 Å². The van der Waals surface area contributed by atoms with Crippen molar-refractivity contribution in [2.45, 2.75) is 0 Å². The second-order valence-corrected chi connectivity index (χ2v) is 6.85. The zero-order valence-electron chi connectivity index (χ0n) is 9.92. The Morgan fingerprint density at radius 2 is 1.83 bits per heavy atom. The number of halogens is 3. The van der Waals surface area contributed by atoms with Crippen molar-refractivity contribution in [3.8, 4) is 0 Å². The van der Waals surface area contributed by atoms with Crippen LogP contribution in [0.1, 0.15) is 0 Å². The minimum absolute atomic E-state index is 0.738. The number of nitrogens with zero attached hydrogens (tertiary/aromatic N) is 2. The van der Waals surface area contributed by atoms with E-state index < -0.39 is 0 Å². The van der Waals surface area contributed by atoms with E-state index in [1.807, 2.05) is 43.5 Å². The zero-order chi connectivity index (χ0) is 13.3. The number of hydrogen-bond acceptors (Lipinski definition) is 1. The Hall–Kier alpha value is -0.0800. The Balaban J connectivity index is 2.74. The summed E-state index contributed by atoms with van der Waals surface area (Å²) in [6, 6.07) is 8.08. The average molecular weight is 485 g/mol. The number of hydrogen-bond donors (Lipinski definition) is 0. The van der Waals surface area contributed by atoms with E-state index >= 15 is 0 Å². The molecule has 0 N–H and O–H groups in total. The zero-order valence-corrected chi connectivity index (χ0v) is 15.0. The first-order valence-electron chi connectivity index (χ1n) is 5.27. The number of rotatable bonds is 2. The van der Waals surface area contributed by atoms with E-state index in [0.29, 0.717) is 0 Å². The SMILES string of the molecule is CN(C)/C=N/c1c(I)cc(I)c2ccc(Cl)cc12. The molecule has 0 saturated carbocycles. The smallest absolute Gasteiger partial charge is 0.0907 e. The monoisotopic (exact) mass is 484 g/mol. The molecule has 2 aromatic rings. The highest BCUT2D eigenvalue weighted by Gasteiger charge is 2.09. The maximum atomic E-state index is 6.09. The summed E-state index contributed by atoms with van der Waals surface area (Å²) < 4.78 is 2.34. The van der Waals surface area contributed by atoms with E-state index in [9.17, 15) is 0 Å². The van der Waals surface area contributed by atoms with Crippen molar-refractivity contribution >= 4 is 79.6 Å². The summed E-state index contributed by atoms with van der Waals surface area (Å²) in [5, 5.41) is 3.02. The molecule has 0 aliphatic carbocycles. The molecule has 0 fully saturated rings. The molecule has 0 amide bonds. The number of aliphatic imine (C=N–C) groups is 1. The molecule has 2 aromatic carbocycles. The predicted molar refractivity (Wildman–Crippen MR) is 96.2 cm³/mol. The minimum atomic E-state index is 0.738. The van der Waals surface area contributed by atoms with Gasteiger partial charge in [-0.15, -0.1) is 0 Å². The molecular formula is C13H11ClI2N2. The van der Waals surface area contributed by atoms with Crippen LogP contribution in [0.3, 0.4) is 0 Å². The van der Waals surface area contributed by atoms with Gasteiger partial charge in [-0.2, -0.15) is 0 Å². The van der Waals surface area contributed by atoms with Gasteiger partial charge in [-0.3, -0.25) is 0 Å². The highest BCUT2D eigenvalue weighted by Crippen LogP contribution is 2.35. The van der Waals surface area contributed by atoms with Crippen LogP contribution in [0.5, 0.6) is 0 Å². The van der Waals surface area contributed by atoms with Crippen molar-refractivity contribution in [1.29, 1.82) is 0 Å². The van der Waals surface area contributed by atoms with Gasteiger partial charge in [0.1, 0.15) is 0 Å². The Morgan fingerprint density at radius 1 is 1.11 bits per heavy atom. The summed E-state index contributed by atoms with van der Waals surface area (Å²) >= 11 is 10.7. The second-order valence-electron chi connectivity index (χ2n) is 4.09. The number of fused-ring (bicyclic) bond motifs is 1. The Kier molecular flexibility index (Phi) is 4.71. The van der Waals surface area contributed by atoms with Crippen LogP contribution < -0.4 is 0 Å². The molecule has 94 valence electrons. The lowest BCUT2D eigenvalue weighted by Gasteiger charge is -2.09. The number of benzene rings is 2. The maximum Gasteiger partial charge on any atom is 0.0907 e. The van der Waals surface area contributed by atoms with Crippen molar-refractivity contribution < 1.29 is 0 Å². The summed E-state index contributed by atoms with van der Waals surface area (Å²) in [6.07, 6.45) is 1.81. The molecule has 18 heavy (non-hydrogen) atoms. The van der Waals surface area contributed by atoms with Gasteiger partial charge in [0.15, 0.2) is 0 Å². The lowest BCUT2D eigenvalue weighted by atomic mass is 10.1. The van der Waals surface area contributed by atoms with Crippen molar-refractivity contribution in [2.75, 3.05) is 14.1 Å². The van der Waals surface area contributed by atoms with Gasteiger partial charge in [0.2, 0.25) is 0 Å². The van der Waals surface area contributed by atoms with Crippen LogP contribution in [0.2, 0.25) is 5.02 Å². The molecule has 0 spiro atoms. The second kappa shape index (κ2) is 5.92. The predicted octanol–water partition coefficient (Wildman–Crippen LogP) is 4.92. The van der Waals surface area contributed by atoms with Crippen LogP contribution >= 0.6 is 56.8 Å². The van der Waals surface area contributed by atoms with E-state index in [-0.39, 0.29) is 0 Å². The first-order chi connectivity index (χ1) is 8.49. The highest BCUT2D eigenvalue weighted by molar-refractivity contribution is 14.1. The molecule has 0 bridgehead atoms.